The van der Waals surface area contributed by atoms with E-state index in [9.17, 15) is 0 Å². The molecular weight excluding hydrogens is 536 g/mol. The summed E-state index contributed by atoms with van der Waals surface area (Å²) < 4.78 is 6.86. The van der Waals surface area contributed by atoms with E-state index in [1.165, 1.54) is 16.5 Å². The SMILES string of the molecule is CC1CC=CC=C1N(c1ccccc1)c1cc(N(c2ccccc2)c2ccccc2)cc2c1oc1ccc3ccccc3c12. The van der Waals surface area contributed by atoms with Crippen LogP contribution in [-0.2, 0) is 0 Å². The van der Waals surface area contributed by atoms with Gasteiger partial charge in [0.1, 0.15) is 5.58 Å². The minimum Gasteiger partial charge on any atom is -0.454 e. The molecule has 1 aliphatic rings. The Bertz CT molecular complexity index is 2120. The van der Waals surface area contributed by atoms with E-state index < -0.39 is 0 Å². The Balaban J connectivity index is 1.50. The number of fused-ring (bicyclic) bond motifs is 5. The molecule has 1 unspecified atom stereocenters. The van der Waals surface area contributed by atoms with Crippen LogP contribution in [0.5, 0.6) is 0 Å². The maximum Gasteiger partial charge on any atom is 0.159 e. The lowest BCUT2D eigenvalue weighted by atomic mass is 9.96. The summed E-state index contributed by atoms with van der Waals surface area (Å²) >= 11 is 0. The highest BCUT2D eigenvalue weighted by Crippen LogP contribution is 2.48. The summed E-state index contributed by atoms with van der Waals surface area (Å²) in [5, 5.41) is 4.63. The molecule has 0 amide bonds. The fourth-order valence-corrected chi connectivity index (χ4v) is 6.55. The summed E-state index contributed by atoms with van der Waals surface area (Å²) in [6.07, 6.45) is 7.68. The normalized spacial score (nSPS) is 14.7. The average Bonchev–Trinajstić information content (AvgIpc) is 3.47. The van der Waals surface area contributed by atoms with Gasteiger partial charge in [0.15, 0.2) is 5.58 Å². The summed E-state index contributed by atoms with van der Waals surface area (Å²) in [6.45, 7) is 2.30. The third-order valence-corrected chi connectivity index (χ3v) is 8.62. The highest BCUT2D eigenvalue weighted by atomic mass is 16.3. The van der Waals surface area contributed by atoms with Crippen LogP contribution in [0.4, 0.5) is 28.4 Å². The topological polar surface area (TPSA) is 19.6 Å². The summed E-state index contributed by atoms with van der Waals surface area (Å²) in [7, 11) is 0. The first kappa shape index (κ1) is 26.1. The smallest absolute Gasteiger partial charge is 0.159 e. The predicted octanol–water partition coefficient (Wildman–Crippen LogP) is 11.8. The Morgan fingerprint density at radius 3 is 1.86 bits per heavy atom. The van der Waals surface area contributed by atoms with Gasteiger partial charge in [0.2, 0.25) is 0 Å². The quantitative estimate of drug-likeness (QED) is 0.199. The van der Waals surface area contributed by atoms with Crippen LogP contribution < -0.4 is 9.80 Å². The number of rotatable bonds is 6. The molecule has 0 radical (unpaired) electrons. The molecular formula is C41H32N2O. The molecule has 7 aromatic rings. The van der Waals surface area contributed by atoms with Crippen molar-refractivity contribution in [2.75, 3.05) is 9.80 Å². The Kier molecular flexibility index (Phi) is 6.49. The molecule has 0 N–H and O–H groups in total. The maximum atomic E-state index is 6.86. The van der Waals surface area contributed by atoms with Crippen molar-refractivity contribution in [1.82, 2.24) is 0 Å². The van der Waals surface area contributed by atoms with Gasteiger partial charge in [0.05, 0.1) is 5.69 Å². The fourth-order valence-electron chi connectivity index (χ4n) is 6.55. The Morgan fingerprint density at radius 2 is 1.20 bits per heavy atom. The van der Waals surface area contributed by atoms with Gasteiger partial charge in [-0.1, -0.05) is 104 Å². The van der Waals surface area contributed by atoms with Crippen molar-refractivity contribution in [1.29, 1.82) is 0 Å². The van der Waals surface area contributed by atoms with Gasteiger partial charge in [-0.2, -0.15) is 0 Å². The van der Waals surface area contributed by atoms with E-state index in [1.54, 1.807) is 0 Å². The number of nitrogens with zero attached hydrogens (tertiary/aromatic N) is 2. The van der Waals surface area contributed by atoms with Crippen molar-refractivity contribution < 1.29 is 4.42 Å². The van der Waals surface area contributed by atoms with Gasteiger partial charge in [0, 0.05) is 45.1 Å². The van der Waals surface area contributed by atoms with E-state index in [1.807, 2.05) is 0 Å². The zero-order chi connectivity index (χ0) is 29.5. The van der Waals surface area contributed by atoms with Crippen molar-refractivity contribution in [3.8, 4) is 0 Å². The molecule has 0 spiro atoms. The van der Waals surface area contributed by atoms with Crippen molar-refractivity contribution >= 4 is 61.1 Å². The van der Waals surface area contributed by atoms with Crippen LogP contribution in [0.3, 0.4) is 0 Å². The molecule has 1 aromatic heterocycles. The average molecular weight is 569 g/mol. The molecule has 1 aliphatic carbocycles. The highest BCUT2D eigenvalue weighted by Gasteiger charge is 2.27. The van der Waals surface area contributed by atoms with Crippen LogP contribution in [0.25, 0.3) is 32.7 Å². The number of hydrogen-bond acceptors (Lipinski definition) is 3. The number of hydrogen-bond donors (Lipinski definition) is 0. The van der Waals surface area contributed by atoms with Gasteiger partial charge in [-0.15, -0.1) is 0 Å². The van der Waals surface area contributed by atoms with Crippen LogP contribution in [0.2, 0.25) is 0 Å². The monoisotopic (exact) mass is 568 g/mol. The van der Waals surface area contributed by atoms with Gasteiger partial charge in [-0.25, -0.2) is 0 Å². The molecule has 0 bridgehead atoms. The first-order valence-electron chi connectivity index (χ1n) is 15.3. The first-order chi connectivity index (χ1) is 21.8. The number of benzene rings is 6. The van der Waals surface area contributed by atoms with E-state index in [-0.39, 0.29) is 0 Å². The van der Waals surface area contributed by atoms with Crippen LogP contribution in [0.15, 0.2) is 168 Å². The Hall–Kier alpha value is -5.54. The second-order valence-electron chi connectivity index (χ2n) is 11.4. The molecule has 44 heavy (non-hydrogen) atoms. The molecule has 3 heteroatoms. The van der Waals surface area contributed by atoms with E-state index in [2.05, 4.69) is 174 Å². The minimum atomic E-state index is 0.337. The van der Waals surface area contributed by atoms with Crippen molar-refractivity contribution in [2.45, 2.75) is 13.3 Å². The second kappa shape index (κ2) is 10.9. The van der Waals surface area contributed by atoms with Crippen molar-refractivity contribution in [3.05, 3.63) is 163 Å². The van der Waals surface area contributed by atoms with Gasteiger partial charge in [-0.3, -0.25) is 0 Å². The predicted molar refractivity (Wildman–Crippen MR) is 185 cm³/mol. The van der Waals surface area contributed by atoms with Gasteiger partial charge in [-0.05, 0) is 77.9 Å². The summed E-state index contributed by atoms with van der Waals surface area (Å²) in [4.78, 5) is 4.74. The van der Waals surface area contributed by atoms with Crippen molar-refractivity contribution in [3.63, 3.8) is 0 Å². The molecule has 0 aliphatic heterocycles. The minimum absolute atomic E-state index is 0.337. The number of anilines is 5. The molecule has 1 heterocycles. The molecule has 1 atom stereocenters. The van der Waals surface area contributed by atoms with Crippen molar-refractivity contribution in [2.24, 2.45) is 5.92 Å². The maximum absolute atomic E-state index is 6.86. The van der Waals surface area contributed by atoms with Crippen LogP contribution in [0, 0.1) is 5.92 Å². The fraction of sp³-hybridized carbons (Fsp3) is 0.0732. The lowest BCUT2D eigenvalue weighted by molar-refractivity contribution is 0.656. The molecule has 6 aromatic carbocycles. The van der Waals surface area contributed by atoms with Crippen LogP contribution in [0.1, 0.15) is 13.3 Å². The zero-order valence-electron chi connectivity index (χ0n) is 24.6. The molecule has 212 valence electrons. The van der Waals surface area contributed by atoms with Gasteiger partial charge in [0.25, 0.3) is 0 Å². The zero-order valence-corrected chi connectivity index (χ0v) is 24.6. The summed E-state index contributed by atoms with van der Waals surface area (Å²) in [6, 6.07) is 49.4. The van der Waals surface area contributed by atoms with Gasteiger partial charge >= 0.3 is 0 Å². The molecule has 0 fully saturated rings. The molecule has 3 nitrogen and oxygen atoms in total. The molecule has 0 saturated heterocycles. The summed E-state index contributed by atoms with van der Waals surface area (Å²) in [5.74, 6) is 0.337. The van der Waals surface area contributed by atoms with Crippen LogP contribution >= 0.6 is 0 Å². The molecule has 8 rings (SSSR count). The number of furan rings is 1. The van der Waals surface area contributed by atoms with E-state index >= 15 is 0 Å². The third kappa shape index (κ3) is 4.45. The molecule has 0 saturated carbocycles. The van der Waals surface area contributed by atoms with Gasteiger partial charge < -0.3 is 14.2 Å². The van der Waals surface area contributed by atoms with Crippen LogP contribution in [-0.4, -0.2) is 0 Å². The third-order valence-electron chi connectivity index (χ3n) is 8.62. The Labute approximate surface area is 257 Å². The Morgan fingerprint density at radius 1 is 0.591 bits per heavy atom. The number of allylic oxidation sites excluding steroid dienone is 4. The second-order valence-corrected chi connectivity index (χ2v) is 11.4. The standard InChI is InChI=1S/C41H32N2O/c1-29-15-11-14-24-37(29)43(33-21-9-4-10-22-33)38-28-34(42(31-17-5-2-6-18-31)32-19-7-3-8-20-32)27-36-40-35-23-13-12-16-30(35)25-26-39(40)44-41(36)38/h2-14,16-29H,15H2,1H3. The largest absolute Gasteiger partial charge is 0.454 e. The lowest BCUT2D eigenvalue weighted by Gasteiger charge is -2.33. The van der Waals surface area contributed by atoms with E-state index in [0.717, 1.165) is 56.8 Å². The van der Waals surface area contributed by atoms with E-state index in [0.29, 0.717) is 5.92 Å². The summed E-state index contributed by atoms with van der Waals surface area (Å²) in [5.41, 5.74) is 8.41. The number of para-hydroxylation sites is 3. The lowest BCUT2D eigenvalue weighted by Crippen LogP contribution is -2.23. The first-order valence-corrected chi connectivity index (χ1v) is 15.3. The van der Waals surface area contributed by atoms with E-state index in [4.69, 9.17) is 4.42 Å². The highest BCUT2D eigenvalue weighted by molar-refractivity contribution is 6.21.